The molecule has 4 heteroatoms. The molecule has 23 heavy (non-hydrogen) atoms. The van der Waals surface area contributed by atoms with Crippen LogP contribution in [-0.4, -0.2) is 29.1 Å². The van der Waals surface area contributed by atoms with E-state index in [1.54, 1.807) is 6.33 Å². The lowest BCUT2D eigenvalue weighted by molar-refractivity contribution is 0.726. The Morgan fingerprint density at radius 2 is 1.87 bits per heavy atom. The molecule has 1 aromatic heterocycles. The Morgan fingerprint density at radius 1 is 1.13 bits per heavy atom. The highest BCUT2D eigenvalue weighted by Crippen LogP contribution is 2.37. The fourth-order valence-electron chi connectivity index (χ4n) is 3.44. The molecule has 0 amide bonds. The van der Waals surface area contributed by atoms with Crippen molar-refractivity contribution in [1.29, 1.82) is 0 Å². The molecule has 1 aliphatic heterocycles. The molecule has 0 saturated carbocycles. The van der Waals surface area contributed by atoms with E-state index >= 15 is 0 Å². The number of anilines is 3. The summed E-state index contributed by atoms with van der Waals surface area (Å²) in [5, 5.41) is 0. The van der Waals surface area contributed by atoms with E-state index in [0.717, 1.165) is 44.0 Å². The average Bonchev–Trinajstić information content (AvgIpc) is 2.90. The second kappa shape index (κ2) is 6.99. The van der Waals surface area contributed by atoms with E-state index in [0.29, 0.717) is 6.04 Å². The molecule has 1 aliphatic rings. The summed E-state index contributed by atoms with van der Waals surface area (Å²) in [6, 6.07) is 11.2. The second-order valence-corrected chi connectivity index (χ2v) is 6.27. The van der Waals surface area contributed by atoms with Crippen molar-refractivity contribution in [1.82, 2.24) is 9.97 Å². The molecule has 0 saturated heterocycles. The first-order valence-corrected chi connectivity index (χ1v) is 8.68. The van der Waals surface area contributed by atoms with Crippen molar-refractivity contribution in [2.45, 2.75) is 46.1 Å². The number of benzene rings is 1. The van der Waals surface area contributed by atoms with Gasteiger partial charge in [0, 0.05) is 30.9 Å². The number of para-hydroxylation sites is 1. The van der Waals surface area contributed by atoms with Gasteiger partial charge in [-0.25, -0.2) is 9.97 Å². The molecule has 1 unspecified atom stereocenters. The molecular weight excluding hydrogens is 284 g/mol. The van der Waals surface area contributed by atoms with Crippen LogP contribution in [0.5, 0.6) is 0 Å². The van der Waals surface area contributed by atoms with Crippen LogP contribution >= 0.6 is 0 Å². The quantitative estimate of drug-likeness (QED) is 0.801. The van der Waals surface area contributed by atoms with Crippen LogP contribution < -0.4 is 9.80 Å². The summed E-state index contributed by atoms with van der Waals surface area (Å²) < 4.78 is 0. The van der Waals surface area contributed by atoms with Crippen molar-refractivity contribution in [2.24, 2.45) is 0 Å². The molecular formula is C19H26N4. The minimum atomic E-state index is 0.431. The van der Waals surface area contributed by atoms with Crippen LogP contribution in [-0.2, 0) is 6.42 Å². The second-order valence-electron chi connectivity index (χ2n) is 6.27. The van der Waals surface area contributed by atoms with E-state index in [1.807, 2.05) is 0 Å². The molecule has 0 aliphatic carbocycles. The van der Waals surface area contributed by atoms with E-state index < -0.39 is 0 Å². The van der Waals surface area contributed by atoms with Gasteiger partial charge in [0.15, 0.2) is 0 Å². The largest absolute Gasteiger partial charge is 0.356 e. The Balaban J connectivity index is 1.93. The van der Waals surface area contributed by atoms with Crippen LogP contribution in [0.3, 0.4) is 0 Å². The third-order valence-electron chi connectivity index (χ3n) is 4.40. The van der Waals surface area contributed by atoms with Crippen LogP contribution in [0, 0.1) is 0 Å². The molecule has 0 fully saturated rings. The summed E-state index contributed by atoms with van der Waals surface area (Å²) in [5.74, 6) is 2.04. The van der Waals surface area contributed by atoms with Gasteiger partial charge in [-0.2, -0.15) is 0 Å². The maximum atomic E-state index is 4.56. The molecule has 0 bridgehead atoms. The van der Waals surface area contributed by atoms with E-state index in [-0.39, 0.29) is 0 Å². The lowest BCUT2D eigenvalue weighted by Gasteiger charge is -2.27. The minimum absolute atomic E-state index is 0.431. The van der Waals surface area contributed by atoms with Gasteiger partial charge in [-0.3, -0.25) is 0 Å². The minimum Gasteiger partial charge on any atom is -0.356 e. The monoisotopic (exact) mass is 310 g/mol. The summed E-state index contributed by atoms with van der Waals surface area (Å²) >= 11 is 0. The van der Waals surface area contributed by atoms with E-state index in [1.165, 1.54) is 11.3 Å². The molecule has 0 spiro atoms. The Hall–Kier alpha value is -2.10. The summed E-state index contributed by atoms with van der Waals surface area (Å²) in [6.45, 7) is 8.76. The molecule has 2 aromatic rings. The Labute approximate surface area is 139 Å². The van der Waals surface area contributed by atoms with Crippen LogP contribution in [0.25, 0.3) is 0 Å². The highest BCUT2D eigenvalue weighted by Gasteiger charge is 2.28. The van der Waals surface area contributed by atoms with E-state index in [9.17, 15) is 0 Å². The molecule has 0 N–H and O–H groups in total. The Bertz CT molecular complexity index is 649. The molecule has 122 valence electrons. The van der Waals surface area contributed by atoms with Crippen molar-refractivity contribution >= 4 is 17.3 Å². The zero-order chi connectivity index (χ0) is 16.2. The van der Waals surface area contributed by atoms with Crippen LogP contribution in [0.1, 0.15) is 39.2 Å². The first-order valence-electron chi connectivity index (χ1n) is 8.68. The lowest BCUT2D eigenvalue weighted by Crippen LogP contribution is -2.28. The van der Waals surface area contributed by atoms with Gasteiger partial charge in [0.05, 0.1) is 0 Å². The smallest absolute Gasteiger partial charge is 0.138 e. The van der Waals surface area contributed by atoms with Crippen LogP contribution in [0.2, 0.25) is 0 Å². The van der Waals surface area contributed by atoms with Gasteiger partial charge in [-0.1, -0.05) is 32.0 Å². The van der Waals surface area contributed by atoms with Gasteiger partial charge in [0.25, 0.3) is 0 Å². The highest BCUT2D eigenvalue weighted by atomic mass is 15.3. The lowest BCUT2D eigenvalue weighted by atomic mass is 10.1. The summed E-state index contributed by atoms with van der Waals surface area (Å²) in [5.41, 5.74) is 2.68. The van der Waals surface area contributed by atoms with Crippen molar-refractivity contribution in [3.8, 4) is 0 Å². The highest BCUT2D eigenvalue weighted by molar-refractivity contribution is 5.70. The average molecular weight is 310 g/mol. The fraction of sp³-hybridized carbons (Fsp3) is 0.474. The SMILES string of the molecule is CCCN(CCC)c1cc(N2c3ccccc3CC2C)ncn1. The molecule has 3 rings (SSSR count). The predicted molar refractivity (Wildman–Crippen MR) is 96.6 cm³/mol. The maximum Gasteiger partial charge on any atom is 0.138 e. The number of fused-ring (bicyclic) bond motifs is 1. The topological polar surface area (TPSA) is 32.3 Å². The first-order chi connectivity index (χ1) is 11.2. The first kappa shape index (κ1) is 15.8. The zero-order valence-corrected chi connectivity index (χ0v) is 14.4. The van der Waals surface area contributed by atoms with E-state index in [2.05, 4.69) is 70.9 Å². The van der Waals surface area contributed by atoms with Crippen LogP contribution in [0.15, 0.2) is 36.7 Å². The van der Waals surface area contributed by atoms with Gasteiger partial charge >= 0.3 is 0 Å². The Morgan fingerprint density at radius 3 is 2.61 bits per heavy atom. The van der Waals surface area contributed by atoms with Gasteiger partial charge in [-0.15, -0.1) is 0 Å². The summed E-state index contributed by atoms with van der Waals surface area (Å²) in [4.78, 5) is 13.8. The maximum absolute atomic E-state index is 4.56. The van der Waals surface area contributed by atoms with Gasteiger partial charge in [0.1, 0.15) is 18.0 Å². The summed E-state index contributed by atoms with van der Waals surface area (Å²) in [7, 11) is 0. The van der Waals surface area contributed by atoms with Gasteiger partial charge in [-0.05, 0) is 37.8 Å². The standard InChI is InChI=1S/C19H26N4/c1-4-10-22(11-5-2)18-13-19(21-14-20-18)23-15(3)12-16-8-6-7-9-17(16)23/h6-9,13-15H,4-5,10-12H2,1-3H3. The molecule has 1 aromatic carbocycles. The number of nitrogens with zero attached hydrogens (tertiary/aromatic N) is 4. The fourth-order valence-corrected chi connectivity index (χ4v) is 3.44. The van der Waals surface area contributed by atoms with E-state index in [4.69, 9.17) is 0 Å². The van der Waals surface area contributed by atoms with Gasteiger partial charge in [0.2, 0.25) is 0 Å². The third kappa shape index (κ3) is 3.16. The molecule has 0 radical (unpaired) electrons. The van der Waals surface area contributed by atoms with Gasteiger partial charge < -0.3 is 9.80 Å². The number of hydrogen-bond donors (Lipinski definition) is 0. The number of hydrogen-bond acceptors (Lipinski definition) is 4. The number of rotatable bonds is 6. The molecule has 2 heterocycles. The normalized spacial score (nSPS) is 16.5. The molecule has 1 atom stereocenters. The zero-order valence-electron chi connectivity index (χ0n) is 14.4. The Kier molecular flexibility index (Phi) is 4.79. The van der Waals surface area contributed by atoms with Crippen molar-refractivity contribution < 1.29 is 0 Å². The molecule has 4 nitrogen and oxygen atoms in total. The van der Waals surface area contributed by atoms with Crippen molar-refractivity contribution in [2.75, 3.05) is 22.9 Å². The third-order valence-corrected chi connectivity index (χ3v) is 4.40. The summed E-state index contributed by atoms with van der Waals surface area (Å²) in [6.07, 6.45) is 5.03. The van der Waals surface area contributed by atoms with Crippen molar-refractivity contribution in [3.05, 3.63) is 42.2 Å². The number of aromatic nitrogens is 2. The predicted octanol–water partition coefficient (Wildman–Crippen LogP) is 4.19. The van der Waals surface area contributed by atoms with Crippen LogP contribution in [0.4, 0.5) is 17.3 Å². The van der Waals surface area contributed by atoms with Crippen molar-refractivity contribution in [3.63, 3.8) is 0 Å².